The summed E-state index contributed by atoms with van der Waals surface area (Å²) in [5, 5.41) is 18.1. The first kappa shape index (κ1) is 16.8. The number of methoxy groups -OCH3 is 1. The van der Waals surface area contributed by atoms with Gasteiger partial charge < -0.3 is 14.7 Å². The molecule has 6 nitrogen and oxygen atoms in total. The number of phenolic OH excluding ortho intramolecular Hbond substituents is 1. The van der Waals surface area contributed by atoms with Gasteiger partial charge in [-0.3, -0.25) is 4.57 Å². The van der Waals surface area contributed by atoms with Gasteiger partial charge in [-0.25, -0.2) is 4.39 Å². The van der Waals surface area contributed by atoms with Gasteiger partial charge in [-0.15, -0.1) is 10.2 Å². The Kier molecular flexibility index (Phi) is 4.31. The molecule has 0 aliphatic rings. The van der Waals surface area contributed by atoms with E-state index in [-0.39, 0.29) is 11.6 Å². The Balaban J connectivity index is 2.02. The smallest absolute Gasteiger partial charge is 0.231 e. The van der Waals surface area contributed by atoms with E-state index in [2.05, 4.69) is 10.2 Å². The molecule has 130 valence electrons. The molecule has 2 aromatic carbocycles. The summed E-state index contributed by atoms with van der Waals surface area (Å²) < 4.78 is 20.6. The molecule has 1 heterocycles. The van der Waals surface area contributed by atoms with E-state index in [0.717, 1.165) is 5.69 Å². The normalized spacial score (nSPS) is 10.8. The number of phenols is 1. The van der Waals surface area contributed by atoms with Crippen LogP contribution >= 0.6 is 0 Å². The number of ether oxygens (including phenoxy) is 1. The second-order valence-corrected chi connectivity index (χ2v) is 5.76. The van der Waals surface area contributed by atoms with Crippen molar-refractivity contribution in [2.45, 2.75) is 6.92 Å². The average Bonchev–Trinajstić information content (AvgIpc) is 2.98. The van der Waals surface area contributed by atoms with Crippen LogP contribution in [0.2, 0.25) is 0 Å². The standard InChI is InChI=1S/C18H19FN4O2/c1-11-9-12(5-8-15(11)19)22(2)18-21-20-17(23(18)3)14-7-6-13(24)10-16(14)25-4/h5-10,24H,1-4H3. The molecular weight excluding hydrogens is 323 g/mol. The molecule has 0 unspecified atom stereocenters. The number of benzene rings is 2. The van der Waals surface area contributed by atoms with Gasteiger partial charge in [0.25, 0.3) is 0 Å². The SMILES string of the molecule is COc1cc(O)ccc1-c1nnc(N(C)c2ccc(F)c(C)c2)n1C. The van der Waals surface area contributed by atoms with Crippen LogP contribution in [0.15, 0.2) is 36.4 Å². The first-order valence-corrected chi connectivity index (χ1v) is 7.69. The van der Waals surface area contributed by atoms with Crippen LogP contribution in [0, 0.1) is 12.7 Å². The number of aromatic hydroxyl groups is 1. The molecule has 1 N–H and O–H groups in total. The molecule has 25 heavy (non-hydrogen) atoms. The van der Waals surface area contributed by atoms with Crippen LogP contribution in [-0.2, 0) is 7.05 Å². The molecule has 0 saturated carbocycles. The van der Waals surface area contributed by atoms with Crippen molar-refractivity contribution in [2.75, 3.05) is 19.1 Å². The lowest BCUT2D eigenvalue weighted by Gasteiger charge is -2.19. The summed E-state index contributed by atoms with van der Waals surface area (Å²) in [6, 6.07) is 9.70. The number of nitrogens with zero attached hydrogens (tertiary/aromatic N) is 4. The highest BCUT2D eigenvalue weighted by molar-refractivity contribution is 5.68. The third-order valence-corrected chi connectivity index (χ3v) is 4.11. The van der Waals surface area contributed by atoms with Crippen molar-refractivity contribution < 1.29 is 14.2 Å². The minimum Gasteiger partial charge on any atom is -0.508 e. The van der Waals surface area contributed by atoms with Gasteiger partial charge in [0.15, 0.2) is 5.82 Å². The molecule has 0 aliphatic carbocycles. The van der Waals surface area contributed by atoms with Crippen LogP contribution in [0.1, 0.15) is 5.56 Å². The molecule has 0 saturated heterocycles. The number of halogens is 1. The van der Waals surface area contributed by atoms with Crippen LogP contribution in [0.25, 0.3) is 11.4 Å². The fourth-order valence-electron chi connectivity index (χ4n) is 2.67. The van der Waals surface area contributed by atoms with Crippen LogP contribution in [0.4, 0.5) is 16.0 Å². The summed E-state index contributed by atoms with van der Waals surface area (Å²) in [5.41, 5.74) is 2.08. The Morgan fingerprint density at radius 3 is 2.60 bits per heavy atom. The van der Waals surface area contributed by atoms with Crippen molar-refractivity contribution >= 4 is 11.6 Å². The third kappa shape index (κ3) is 3.00. The van der Waals surface area contributed by atoms with Gasteiger partial charge in [-0.2, -0.15) is 0 Å². The molecule has 0 fully saturated rings. The number of anilines is 2. The van der Waals surface area contributed by atoms with Crippen LogP contribution in [0.5, 0.6) is 11.5 Å². The molecule has 7 heteroatoms. The zero-order chi connectivity index (χ0) is 18.1. The molecule has 3 rings (SSSR count). The Morgan fingerprint density at radius 2 is 1.92 bits per heavy atom. The van der Waals surface area contributed by atoms with Crippen LogP contribution in [-0.4, -0.2) is 34.0 Å². The lowest BCUT2D eigenvalue weighted by Crippen LogP contribution is -2.15. The Morgan fingerprint density at radius 1 is 1.16 bits per heavy atom. The van der Waals surface area contributed by atoms with E-state index >= 15 is 0 Å². The fraction of sp³-hybridized carbons (Fsp3) is 0.222. The summed E-state index contributed by atoms with van der Waals surface area (Å²) in [7, 11) is 5.21. The highest BCUT2D eigenvalue weighted by Gasteiger charge is 2.18. The van der Waals surface area contributed by atoms with E-state index in [1.165, 1.54) is 19.2 Å². The predicted octanol–water partition coefficient (Wildman–Crippen LogP) is 3.41. The van der Waals surface area contributed by atoms with Gasteiger partial charge in [0, 0.05) is 25.8 Å². The van der Waals surface area contributed by atoms with Crippen molar-refractivity contribution in [3.8, 4) is 22.9 Å². The molecule has 0 spiro atoms. The van der Waals surface area contributed by atoms with Crippen LogP contribution in [0.3, 0.4) is 0 Å². The molecule has 1 aromatic heterocycles. The molecular formula is C18H19FN4O2. The van der Waals surface area contributed by atoms with Crippen molar-refractivity contribution in [2.24, 2.45) is 7.05 Å². The summed E-state index contributed by atoms with van der Waals surface area (Å²) in [4.78, 5) is 1.83. The Hall–Kier alpha value is -3.09. The number of rotatable bonds is 4. The second-order valence-electron chi connectivity index (χ2n) is 5.76. The highest BCUT2D eigenvalue weighted by Crippen LogP contribution is 2.33. The summed E-state index contributed by atoms with van der Waals surface area (Å²) in [6.07, 6.45) is 0. The van der Waals surface area contributed by atoms with Gasteiger partial charge >= 0.3 is 0 Å². The average molecular weight is 342 g/mol. The fourth-order valence-corrected chi connectivity index (χ4v) is 2.67. The van der Waals surface area contributed by atoms with Crippen LogP contribution < -0.4 is 9.64 Å². The summed E-state index contributed by atoms with van der Waals surface area (Å²) >= 11 is 0. The number of hydrogen-bond acceptors (Lipinski definition) is 5. The van der Waals surface area contributed by atoms with E-state index in [1.54, 1.807) is 31.2 Å². The van der Waals surface area contributed by atoms with E-state index < -0.39 is 0 Å². The lowest BCUT2D eigenvalue weighted by atomic mass is 10.2. The highest BCUT2D eigenvalue weighted by atomic mass is 19.1. The van der Waals surface area contributed by atoms with Gasteiger partial charge in [-0.1, -0.05) is 0 Å². The Bertz CT molecular complexity index is 923. The summed E-state index contributed by atoms with van der Waals surface area (Å²) in [5.74, 6) is 1.56. The van der Waals surface area contributed by atoms with E-state index in [0.29, 0.717) is 28.6 Å². The van der Waals surface area contributed by atoms with E-state index in [1.807, 2.05) is 23.6 Å². The third-order valence-electron chi connectivity index (χ3n) is 4.11. The van der Waals surface area contributed by atoms with Gasteiger partial charge in [0.2, 0.25) is 5.95 Å². The molecule has 0 radical (unpaired) electrons. The zero-order valence-electron chi connectivity index (χ0n) is 14.5. The van der Waals surface area contributed by atoms with E-state index in [9.17, 15) is 9.50 Å². The van der Waals surface area contributed by atoms with Gasteiger partial charge in [0.1, 0.15) is 17.3 Å². The maximum atomic E-state index is 13.5. The first-order chi connectivity index (χ1) is 11.9. The predicted molar refractivity (Wildman–Crippen MR) is 93.9 cm³/mol. The van der Waals surface area contributed by atoms with Gasteiger partial charge in [0.05, 0.1) is 12.7 Å². The maximum absolute atomic E-state index is 13.5. The maximum Gasteiger partial charge on any atom is 0.231 e. The Labute approximate surface area is 145 Å². The van der Waals surface area contributed by atoms with Crippen molar-refractivity contribution in [3.63, 3.8) is 0 Å². The van der Waals surface area contributed by atoms with Gasteiger partial charge in [-0.05, 0) is 42.8 Å². The minimum atomic E-state index is -0.246. The zero-order valence-corrected chi connectivity index (χ0v) is 14.5. The first-order valence-electron chi connectivity index (χ1n) is 7.69. The topological polar surface area (TPSA) is 63.4 Å². The lowest BCUT2D eigenvalue weighted by molar-refractivity contribution is 0.409. The number of aromatic nitrogens is 3. The van der Waals surface area contributed by atoms with Crippen molar-refractivity contribution in [3.05, 3.63) is 47.8 Å². The van der Waals surface area contributed by atoms with Crippen molar-refractivity contribution in [1.82, 2.24) is 14.8 Å². The molecule has 0 amide bonds. The van der Waals surface area contributed by atoms with Crippen molar-refractivity contribution in [1.29, 1.82) is 0 Å². The summed E-state index contributed by atoms with van der Waals surface area (Å²) in [6.45, 7) is 1.72. The number of aryl methyl sites for hydroxylation is 1. The quantitative estimate of drug-likeness (QED) is 0.787. The second kappa shape index (κ2) is 6.43. The molecule has 0 aliphatic heterocycles. The minimum absolute atomic E-state index is 0.113. The molecule has 3 aromatic rings. The monoisotopic (exact) mass is 342 g/mol. The molecule has 0 atom stereocenters. The largest absolute Gasteiger partial charge is 0.508 e. The number of hydrogen-bond donors (Lipinski definition) is 1. The van der Waals surface area contributed by atoms with E-state index in [4.69, 9.17) is 4.74 Å². The molecule has 0 bridgehead atoms.